The van der Waals surface area contributed by atoms with Crippen molar-refractivity contribution in [3.05, 3.63) is 18.2 Å². The van der Waals surface area contributed by atoms with Crippen LogP contribution >= 0.6 is 0 Å². The van der Waals surface area contributed by atoms with Crippen LogP contribution in [-0.4, -0.2) is 35.4 Å². The van der Waals surface area contributed by atoms with Crippen molar-refractivity contribution >= 4 is 0 Å². The van der Waals surface area contributed by atoms with Crippen molar-refractivity contribution in [2.75, 3.05) is 19.8 Å². The molecule has 2 rings (SSSR count). The standard InChI is InChI=1S/C15H27N3O/c1-3-7-16-14(11-13-6-10-19-12-13)4-5-15-17-8-9-18(15)2/h8-9,13-14,16H,3-7,10-12H2,1-2H3. The predicted octanol–water partition coefficient (Wildman–Crippen LogP) is 2.15. The third kappa shape index (κ3) is 4.62. The van der Waals surface area contributed by atoms with Crippen LogP contribution in [0.3, 0.4) is 0 Å². The molecule has 0 amide bonds. The van der Waals surface area contributed by atoms with Gasteiger partial charge in [-0.1, -0.05) is 6.92 Å². The molecular formula is C15H27N3O. The number of aromatic nitrogens is 2. The molecule has 1 aliphatic heterocycles. The molecule has 0 radical (unpaired) electrons. The number of nitrogens with zero attached hydrogens (tertiary/aromatic N) is 2. The zero-order valence-electron chi connectivity index (χ0n) is 12.3. The first kappa shape index (κ1) is 14.5. The lowest BCUT2D eigenvalue weighted by Gasteiger charge is -2.21. The van der Waals surface area contributed by atoms with E-state index in [0.717, 1.165) is 32.1 Å². The highest BCUT2D eigenvalue weighted by Crippen LogP contribution is 2.20. The molecule has 2 unspecified atom stereocenters. The maximum atomic E-state index is 5.49. The molecule has 1 aromatic rings. The Balaban J connectivity index is 1.80. The predicted molar refractivity (Wildman–Crippen MR) is 77.2 cm³/mol. The van der Waals surface area contributed by atoms with E-state index in [1.54, 1.807) is 0 Å². The summed E-state index contributed by atoms with van der Waals surface area (Å²) in [5.41, 5.74) is 0. The highest BCUT2D eigenvalue weighted by molar-refractivity contribution is 4.92. The fourth-order valence-electron chi connectivity index (χ4n) is 2.76. The maximum absolute atomic E-state index is 5.49. The van der Waals surface area contributed by atoms with Gasteiger partial charge in [-0.3, -0.25) is 0 Å². The fraction of sp³-hybridized carbons (Fsp3) is 0.800. The normalized spacial score (nSPS) is 20.8. The second-order valence-electron chi connectivity index (χ2n) is 5.61. The van der Waals surface area contributed by atoms with E-state index in [-0.39, 0.29) is 0 Å². The van der Waals surface area contributed by atoms with Gasteiger partial charge in [0.05, 0.1) is 0 Å². The first-order chi connectivity index (χ1) is 9.29. The van der Waals surface area contributed by atoms with Crippen LogP contribution in [0.4, 0.5) is 0 Å². The summed E-state index contributed by atoms with van der Waals surface area (Å²) in [6, 6.07) is 0.600. The van der Waals surface area contributed by atoms with Crippen LogP contribution in [-0.2, 0) is 18.2 Å². The van der Waals surface area contributed by atoms with E-state index in [4.69, 9.17) is 4.74 Å². The van der Waals surface area contributed by atoms with Crippen LogP contribution in [0.1, 0.15) is 38.4 Å². The summed E-state index contributed by atoms with van der Waals surface area (Å²) in [5.74, 6) is 1.93. The molecule has 0 aromatic carbocycles. The molecule has 1 N–H and O–H groups in total. The quantitative estimate of drug-likeness (QED) is 0.783. The molecule has 108 valence electrons. The van der Waals surface area contributed by atoms with E-state index in [2.05, 4.69) is 28.8 Å². The largest absolute Gasteiger partial charge is 0.381 e. The molecule has 2 heterocycles. The summed E-state index contributed by atoms with van der Waals surface area (Å²) in [7, 11) is 2.07. The van der Waals surface area contributed by atoms with Crippen LogP contribution in [0, 0.1) is 5.92 Å². The molecule has 0 saturated carbocycles. The van der Waals surface area contributed by atoms with Crippen LogP contribution in [0.15, 0.2) is 12.4 Å². The molecular weight excluding hydrogens is 238 g/mol. The van der Waals surface area contributed by atoms with Gasteiger partial charge >= 0.3 is 0 Å². The minimum absolute atomic E-state index is 0.600. The zero-order chi connectivity index (χ0) is 13.5. The Morgan fingerprint density at radius 2 is 2.47 bits per heavy atom. The number of nitrogens with one attached hydrogen (secondary N) is 1. The van der Waals surface area contributed by atoms with Gasteiger partial charge in [-0.2, -0.15) is 0 Å². The average molecular weight is 265 g/mol. The Morgan fingerprint density at radius 1 is 1.58 bits per heavy atom. The second-order valence-corrected chi connectivity index (χ2v) is 5.61. The van der Waals surface area contributed by atoms with Gasteiger partial charge in [0.15, 0.2) is 0 Å². The lowest BCUT2D eigenvalue weighted by atomic mass is 9.96. The molecule has 0 aliphatic carbocycles. The first-order valence-electron chi connectivity index (χ1n) is 7.57. The van der Waals surface area contributed by atoms with Gasteiger partial charge in [-0.05, 0) is 38.1 Å². The average Bonchev–Trinajstić information content (AvgIpc) is 3.04. The van der Waals surface area contributed by atoms with Gasteiger partial charge in [0, 0.05) is 45.1 Å². The van der Waals surface area contributed by atoms with E-state index in [9.17, 15) is 0 Å². The summed E-state index contributed by atoms with van der Waals surface area (Å²) in [5, 5.41) is 3.69. The van der Waals surface area contributed by atoms with E-state index in [1.165, 1.54) is 31.5 Å². The summed E-state index contributed by atoms with van der Waals surface area (Å²) in [4.78, 5) is 4.41. The molecule has 4 nitrogen and oxygen atoms in total. The number of aryl methyl sites for hydroxylation is 2. The molecule has 1 saturated heterocycles. The van der Waals surface area contributed by atoms with Crippen LogP contribution < -0.4 is 5.32 Å². The Bertz CT molecular complexity index is 358. The van der Waals surface area contributed by atoms with Crippen molar-refractivity contribution < 1.29 is 4.74 Å². The molecule has 1 aromatic heterocycles. The van der Waals surface area contributed by atoms with E-state index < -0.39 is 0 Å². The minimum Gasteiger partial charge on any atom is -0.381 e. The van der Waals surface area contributed by atoms with Crippen LogP contribution in [0.2, 0.25) is 0 Å². The van der Waals surface area contributed by atoms with Crippen LogP contribution in [0.5, 0.6) is 0 Å². The van der Waals surface area contributed by atoms with Crippen molar-refractivity contribution in [2.24, 2.45) is 13.0 Å². The van der Waals surface area contributed by atoms with E-state index in [0.29, 0.717) is 6.04 Å². The summed E-state index contributed by atoms with van der Waals surface area (Å²) in [6.07, 6.45) is 9.79. The van der Waals surface area contributed by atoms with Crippen molar-refractivity contribution in [3.8, 4) is 0 Å². The van der Waals surface area contributed by atoms with Crippen LogP contribution in [0.25, 0.3) is 0 Å². The minimum atomic E-state index is 0.600. The number of rotatable bonds is 8. The zero-order valence-corrected chi connectivity index (χ0v) is 12.3. The molecule has 0 bridgehead atoms. The highest BCUT2D eigenvalue weighted by atomic mass is 16.5. The van der Waals surface area contributed by atoms with Gasteiger partial charge < -0.3 is 14.6 Å². The summed E-state index contributed by atoms with van der Waals surface area (Å²) < 4.78 is 7.61. The SMILES string of the molecule is CCCNC(CCc1nccn1C)CC1CCOC1. The van der Waals surface area contributed by atoms with Crippen molar-refractivity contribution in [1.82, 2.24) is 14.9 Å². The molecule has 19 heavy (non-hydrogen) atoms. The Hall–Kier alpha value is -0.870. The fourth-order valence-corrected chi connectivity index (χ4v) is 2.76. The van der Waals surface area contributed by atoms with Gasteiger partial charge in [0.1, 0.15) is 5.82 Å². The molecule has 0 spiro atoms. The van der Waals surface area contributed by atoms with E-state index >= 15 is 0 Å². The summed E-state index contributed by atoms with van der Waals surface area (Å²) >= 11 is 0. The number of imidazole rings is 1. The van der Waals surface area contributed by atoms with Gasteiger partial charge in [0.25, 0.3) is 0 Å². The smallest absolute Gasteiger partial charge is 0.108 e. The second kappa shape index (κ2) is 7.65. The van der Waals surface area contributed by atoms with Gasteiger partial charge in [0.2, 0.25) is 0 Å². The van der Waals surface area contributed by atoms with Crippen molar-refractivity contribution in [1.29, 1.82) is 0 Å². The monoisotopic (exact) mass is 265 g/mol. The Morgan fingerprint density at radius 3 is 3.11 bits per heavy atom. The highest BCUT2D eigenvalue weighted by Gasteiger charge is 2.20. The van der Waals surface area contributed by atoms with E-state index in [1.807, 2.05) is 12.4 Å². The lowest BCUT2D eigenvalue weighted by molar-refractivity contribution is 0.181. The van der Waals surface area contributed by atoms with Gasteiger partial charge in [-0.25, -0.2) is 4.98 Å². The summed E-state index contributed by atoms with van der Waals surface area (Å²) in [6.45, 7) is 5.23. The number of hydrogen-bond donors (Lipinski definition) is 1. The van der Waals surface area contributed by atoms with Gasteiger partial charge in [-0.15, -0.1) is 0 Å². The Labute approximate surface area is 116 Å². The molecule has 1 aliphatic rings. The van der Waals surface area contributed by atoms with Crippen molar-refractivity contribution in [2.45, 2.75) is 45.1 Å². The number of hydrogen-bond acceptors (Lipinski definition) is 3. The Kier molecular flexibility index (Phi) is 5.86. The molecule has 2 atom stereocenters. The first-order valence-corrected chi connectivity index (χ1v) is 7.57. The van der Waals surface area contributed by atoms with Crippen molar-refractivity contribution in [3.63, 3.8) is 0 Å². The topological polar surface area (TPSA) is 39.1 Å². The number of ether oxygens (including phenoxy) is 1. The third-order valence-corrected chi connectivity index (χ3v) is 3.96. The third-order valence-electron chi connectivity index (χ3n) is 3.96. The lowest BCUT2D eigenvalue weighted by Crippen LogP contribution is -2.32. The molecule has 1 fully saturated rings. The molecule has 4 heteroatoms. The maximum Gasteiger partial charge on any atom is 0.108 e.